The number of carbonyl (C=O) groups excluding carboxylic acids is 1. The van der Waals surface area contributed by atoms with Gasteiger partial charge in [-0.05, 0) is 70.6 Å². The van der Waals surface area contributed by atoms with E-state index in [4.69, 9.17) is 18.9 Å². The minimum Gasteiger partial charge on any atom is -0.394 e. The fourth-order valence-corrected chi connectivity index (χ4v) is 7.68. The van der Waals surface area contributed by atoms with E-state index in [-0.39, 0.29) is 18.9 Å². The van der Waals surface area contributed by atoms with Crippen LogP contribution >= 0.6 is 0 Å². The number of nitrogens with one attached hydrogen (secondary N) is 1. The molecule has 2 rings (SSSR count). The maximum atomic E-state index is 13.1. The Balaban J connectivity index is 1.90. The number of hydrogen-bond acceptors (Lipinski definition) is 13. The van der Waals surface area contributed by atoms with Crippen LogP contribution in [0.4, 0.5) is 0 Å². The van der Waals surface area contributed by atoms with E-state index in [1.807, 2.05) is 18.2 Å². The van der Waals surface area contributed by atoms with Gasteiger partial charge in [0.05, 0.1) is 32.0 Å². The molecule has 384 valence electrons. The van der Waals surface area contributed by atoms with Gasteiger partial charge in [0, 0.05) is 6.42 Å². The Morgan fingerprint density at radius 2 is 1.04 bits per heavy atom. The van der Waals surface area contributed by atoms with Crippen molar-refractivity contribution in [2.75, 3.05) is 19.8 Å². The molecule has 0 bridgehead atoms. The van der Waals surface area contributed by atoms with Crippen LogP contribution < -0.4 is 5.32 Å². The molecule has 1 amide bonds. The SMILES string of the molecule is CC/C=C\C/C=C\C/C=C\C/C=C\CCC(=O)NC(COC1OC(CO)C(OC2OC(CO)C(O)C(O)C2O)C(O)C1O)C(O)/C=C/CC/C=C/CC/C=C/CCCCCCCCCCCC. The summed E-state index contributed by atoms with van der Waals surface area (Å²) in [5.74, 6) is -0.338. The monoisotopic (exact) mass is 948 g/mol. The first-order valence-corrected chi connectivity index (χ1v) is 25.3. The number of amides is 1. The number of rotatable bonds is 37. The Labute approximate surface area is 401 Å². The zero-order valence-corrected chi connectivity index (χ0v) is 40.6. The zero-order chi connectivity index (χ0) is 48.9. The second-order valence-electron chi connectivity index (χ2n) is 17.5. The molecule has 67 heavy (non-hydrogen) atoms. The molecular weight excluding hydrogens is 859 g/mol. The predicted octanol–water partition coefficient (Wildman–Crippen LogP) is 6.60. The van der Waals surface area contributed by atoms with Crippen LogP contribution in [0.1, 0.15) is 149 Å². The maximum absolute atomic E-state index is 13.1. The summed E-state index contributed by atoms with van der Waals surface area (Å²) in [5, 5.41) is 86.6. The summed E-state index contributed by atoms with van der Waals surface area (Å²) in [4.78, 5) is 13.1. The third kappa shape index (κ3) is 26.1. The van der Waals surface area contributed by atoms with Crippen molar-refractivity contribution in [2.45, 2.75) is 222 Å². The van der Waals surface area contributed by atoms with Gasteiger partial charge >= 0.3 is 0 Å². The average Bonchev–Trinajstić information content (AvgIpc) is 3.32. The highest BCUT2D eigenvalue weighted by Gasteiger charge is 2.51. The number of carbonyl (C=O) groups is 1. The number of ether oxygens (including phenoxy) is 4. The highest BCUT2D eigenvalue weighted by atomic mass is 16.7. The first-order chi connectivity index (χ1) is 32.6. The normalized spacial score (nSPS) is 27.3. The lowest BCUT2D eigenvalue weighted by atomic mass is 9.97. The van der Waals surface area contributed by atoms with Crippen LogP contribution in [-0.2, 0) is 23.7 Å². The molecule has 12 atom stereocenters. The van der Waals surface area contributed by atoms with Gasteiger partial charge < -0.3 is 65.1 Å². The van der Waals surface area contributed by atoms with Gasteiger partial charge in [0.25, 0.3) is 0 Å². The highest BCUT2D eigenvalue weighted by Crippen LogP contribution is 2.30. The Hall–Kier alpha value is -2.83. The van der Waals surface area contributed by atoms with Crippen molar-refractivity contribution in [2.24, 2.45) is 0 Å². The molecule has 0 aromatic rings. The van der Waals surface area contributed by atoms with Crippen molar-refractivity contribution in [3.8, 4) is 0 Å². The molecule has 12 unspecified atom stereocenters. The molecule has 0 spiro atoms. The van der Waals surface area contributed by atoms with E-state index in [0.29, 0.717) is 12.8 Å². The Morgan fingerprint density at radius 1 is 0.552 bits per heavy atom. The fraction of sp³-hybridized carbons (Fsp3) is 0.717. The summed E-state index contributed by atoms with van der Waals surface area (Å²) in [7, 11) is 0. The topological polar surface area (TPSA) is 228 Å². The van der Waals surface area contributed by atoms with E-state index < -0.39 is 86.8 Å². The molecule has 0 aromatic heterocycles. The minimum atomic E-state index is -1.80. The molecule has 2 aliphatic heterocycles. The van der Waals surface area contributed by atoms with Gasteiger partial charge in [-0.1, -0.05) is 157 Å². The number of allylic oxidation sites excluding steroid dienone is 13. The standard InChI is InChI=1S/C53H89NO13/c1-3-5-7-9-11-13-15-17-18-19-20-21-22-23-25-26-28-30-32-34-36-42(57)41(54-45(58)37-35-33-31-29-27-24-16-14-12-10-8-6-4-2)40-64-52-50(63)48(61)51(44(39-56)66-52)67-53-49(62)47(60)46(59)43(38-55)65-53/h6,8,12,14,21-22,24,26-28,31,33-34,36,41-44,46-53,55-57,59-63H,3-5,7,9-11,13,15-20,23,25,29-30,32,35,37-40H2,1-2H3,(H,54,58)/b8-6-,14-12-,22-21+,27-24-,28-26+,33-31-,36-34+. The third-order valence-corrected chi connectivity index (χ3v) is 11.8. The van der Waals surface area contributed by atoms with E-state index >= 15 is 0 Å². The van der Waals surface area contributed by atoms with Gasteiger partial charge in [-0.25, -0.2) is 0 Å². The second kappa shape index (κ2) is 39.0. The molecule has 0 aliphatic carbocycles. The molecule has 0 saturated carbocycles. The van der Waals surface area contributed by atoms with Gasteiger partial charge in [-0.15, -0.1) is 0 Å². The summed E-state index contributed by atoms with van der Waals surface area (Å²) in [5.41, 5.74) is 0. The van der Waals surface area contributed by atoms with Gasteiger partial charge in [0.15, 0.2) is 12.6 Å². The Kier molecular flexibility index (Phi) is 35.1. The lowest BCUT2D eigenvalue weighted by Gasteiger charge is -2.46. The lowest BCUT2D eigenvalue weighted by Crippen LogP contribution is -2.65. The van der Waals surface area contributed by atoms with E-state index in [9.17, 15) is 45.6 Å². The second-order valence-corrected chi connectivity index (χ2v) is 17.5. The summed E-state index contributed by atoms with van der Waals surface area (Å²) in [6.45, 7) is 2.57. The van der Waals surface area contributed by atoms with Gasteiger partial charge in [0.2, 0.25) is 5.91 Å². The molecule has 2 fully saturated rings. The molecule has 9 N–H and O–H groups in total. The smallest absolute Gasteiger partial charge is 0.220 e. The number of aliphatic hydroxyl groups excluding tert-OH is 8. The van der Waals surface area contributed by atoms with Gasteiger partial charge in [-0.2, -0.15) is 0 Å². The van der Waals surface area contributed by atoms with E-state index in [1.165, 1.54) is 64.2 Å². The van der Waals surface area contributed by atoms with Crippen molar-refractivity contribution >= 4 is 5.91 Å². The summed E-state index contributed by atoms with van der Waals surface area (Å²) < 4.78 is 22.6. The Morgan fingerprint density at radius 3 is 1.63 bits per heavy atom. The van der Waals surface area contributed by atoms with Crippen LogP contribution in [0.3, 0.4) is 0 Å². The number of aliphatic hydroxyl groups is 8. The van der Waals surface area contributed by atoms with Crippen molar-refractivity contribution in [1.29, 1.82) is 0 Å². The third-order valence-electron chi connectivity index (χ3n) is 11.8. The van der Waals surface area contributed by atoms with E-state index in [1.54, 1.807) is 6.08 Å². The largest absolute Gasteiger partial charge is 0.394 e. The average molecular weight is 948 g/mol. The van der Waals surface area contributed by atoms with Crippen molar-refractivity contribution in [3.63, 3.8) is 0 Å². The van der Waals surface area contributed by atoms with Gasteiger partial charge in [-0.3, -0.25) is 4.79 Å². The van der Waals surface area contributed by atoms with Crippen LogP contribution in [0.15, 0.2) is 85.1 Å². The van der Waals surface area contributed by atoms with Crippen molar-refractivity contribution < 1.29 is 64.6 Å². The van der Waals surface area contributed by atoms with E-state index in [2.05, 4.69) is 79.9 Å². The van der Waals surface area contributed by atoms with Crippen LogP contribution in [0.2, 0.25) is 0 Å². The van der Waals surface area contributed by atoms with E-state index in [0.717, 1.165) is 51.4 Å². The number of unbranched alkanes of at least 4 members (excludes halogenated alkanes) is 12. The fourth-order valence-electron chi connectivity index (χ4n) is 7.68. The molecule has 2 saturated heterocycles. The molecule has 2 heterocycles. The van der Waals surface area contributed by atoms with Crippen LogP contribution in [0.25, 0.3) is 0 Å². The molecule has 0 aromatic carbocycles. The molecular formula is C53H89NO13. The highest BCUT2D eigenvalue weighted by molar-refractivity contribution is 5.76. The quantitative estimate of drug-likeness (QED) is 0.0237. The summed E-state index contributed by atoms with van der Waals surface area (Å²) in [6.07, 6.45) is 33.6. The first kappa shape index (κ1) is 60.3. The van der Waals surface area contributed by atoms with Crippen LogP contribution in [0, 0.1) is 0 Å². The minimum absolute atomic E-state index is 0.144. The van der Waals surface area contributed by atoms with Crippen molar-refractivity contribution in [1.82, 2.24) is 5.32 Å². The number of hydrogen-bond donors (Lipinski definition) is 9. The molecule has 14 nitrogen and oxygen atoms in total. The molecule has 14 heteroatoms. The van der Waals surface area contributed by atoms with Crippen molar-refractivity contribution in [3.05, 3.63) is 85.1 Å². The maximum Gasteiger partial charge on any atom is 0.220 e. The Bertz CT molecular complexity index is 1450. The molecule has 0 radical (unpaired) electrons. The molecule has 2 aliphatic rings. The van der Waals surface area contributed by atoms with Crippen LogP contribution in [0.5, 0.6) is 0 Å². The predicted molar refractivity (Wildman–Crippen MR) is 263 cm³/mol. The lowest BCUT2D eigenvalue weighted by molar-refractivity contribution is -0.359. The van der Waals surface area contributed by atoms with Crippen LogP contribution in [-0.4, -0.2) is 140 Å². The van der Waals surface area contributed by atoms with Gasteiger partial charge in [0.1, 0.15) is 48.8 Å². The summed E-state index contributed by atoms with van der Waals surface area (Å²) >= 11 is 0. The first-order valence-electron chi connectivity index (χ1n) is 25.3. The zero-order valence-electron chi connectivity index (χ0n) is 40.6. The summed E-state index contributed by atoms with van der Waals surface area (Å²) in [6, 6.07) is -0.979.